The van der Waals surface area contributed by atoms with Gasteiger partial charge in [-0.2, -0.15) is 0 Å². The first-order valence-corrected chi connectivity index (χ1v) is 5.65. The van der Waals surface area contributed by atoms with E-state index in [0.29, 0.717) is 0 Å². The molecule has 0 atom stereocenters. The van der Waals surface area contributed by atoms with E-state index in [-0.39, 0.29) is 6.42 Å². The summed E-state index contributed by atoms with van der Waals surface area (Å²) < 4.78 is 1.11. The fourth-order valence-electron chi connectivity index (χ4n) is 1.79. The fraction of sp³-hybridized carbons (Fsp3) is 0.250. The normalized spacial score (nSPS) is 10.8. The molecule has 0 saturated carbocycles. The molecule has 3 heteroatoms. The number of rotatable bonds is 2. The molecule has 1 aromatic heterocycles. The number of aryl methyl sites for hydroxylation is 2. The van der Waals surface area contributed by atoms with E-state index in [2.05, 4.69) is 18.4 Å². The van der Waals surface area contributed by atoms with E-state index < -0.39 is 5.97 Å². The minimum absolute atomic E-state index is 0.109. The van der Waals surface area contributed by atoms with Crippen LogP contribution < -0.4 is 0 Å². The predicted molar refractivity (Wildman–Crippen MR) is 62.6 cm³/mol. The van der Waals surface area contributed by atoms with Gasteiger partial charge in [-0.25, -0.2) is 0 Å². The number of fused-ring (bicyclic) bond motifs is 1. The molecule has 15 heavy (non-hydrogen) atoms. The Balaban J connectivity index is 2.66. The summed E-state index contributed by atoms with van der Waals surface area (Å²) in [6.45, 7) is 4.06. The Bertz CT molecular complexity index is 526. The van der Waals surface area contributed by atoms with Gasteiger partial charge in [0.05, 0.1) is 6.42 Å². The molecule has 1 aromatic carbocycles. The average Bonchev–Trinajstić information content (AvgIpc) is 2.47. The number of aliphatic carboxylic acids is 1. The zero-order chi connectivity index (χ0) is 11.0. The minimum atomic E-state index is -0.770. The van der Waals surface area contributed by atoms with E-state index in [9.17, 15) is 4.79 Å². The first-order chi connectivity index (χ1) is 7.08. The highest BCUT2D eigenvalue weighted by molar-refractivity contribution is 7.17. The molecule has 0 spiro atoms. The second kappa shape index (κ2) is 3.66. The van der Waals surface area contributed by atoms with Gasteiger partial charge < -0.3 is 5.11 Å². The van der Waals surface area contributed by atoms with Crippen LogP contribution in [0.25, 0.3) is 10.1 Å². The summed E-state index contributed by atoms with van der Waals surface area (Å²) in [5.74, 6) is -0.770. The third-order valence-electron chi connectivity index (χ3n) is 2.43. The quantitative estimate of drug-likeness (QED) is 0.844. The summed E-state index contributed by atoms with van der Waals surface area (Å²) in [5.41, 5.74) is 3.28. The average molecular weight is 220 g/mol. The molecule has 0 fully saturated rings. The van der Waals surface area contributed by atoms with Crippen molar-refractivity contribution in [1.82, 2.24) is 0 Å². The summed E-state index contributed by atoms with van der Waals surface area (Å²) in [5, 5.41) is 12.1. The van der Waals surface area contributed by atoms with Gasteiger partial charge in [0.15, 0.2) is 0 Å². The Hall–Kier alpha value is -1.35. The molecule has 0 bridgehead atoms. The number of hydrogen-bond donors (Lipinski definition) is 1. The zero-order valence-corrected chi connectivity index (χ0v) is 9.52. The third kappa shape index (κ3) is 1.88. The van der Waals surface area contributed by atoms with Gasteiger partial charge in [-0.15, -0.1) is 11.3 Å². The van der Waals surface area contributed by atoms with Crippen molar-refractivity contribution in [3.05, 3.63) is 34.2 Å². The first-order valence-electron chi connectivity index (χ1n) is 4.77. The van der Waals surface area contributed by atoms with Crippen LogP contribution in [0, 0.1) is 13.8 Å². The van der Waals surface area contributed by atoms with E-state index >= 15 is 0 Å². The molecule has 2 nitrogen and oxygen atoms in total. The maximum Gasteiger partial charge on any atom is 0.307 e. The van der Waals surface area contributed by atoms with Gasteiger partial charge in [0.2, 0.25) is 0 Å². The summed E-state index contributed by atoms with van der Waals surface area (Å²) in [7, 11) is 0. The van der Waals surface area contributed by atoms with Gasteiger partial charge in [-0.05, 0) is 35.7 Å². The van der Waals surface area contributed by atoms with Crippen LogP contribution in [0.3, 0.4) is 0 Å². The van der Waals surface area contributed by atoms with E-state index in [0.717, 1.165) is 15.8 Å². The number of carboxylic acids is 1. The summed E-state index contributed by atoms with van der Waals surface area (Å²) in [4.78, 5) is 10.7. The van der Waals surface area contributed by atoms with Crippen molar-refractivity contribution in [1.29, 1.82) is 0 Å². The lowest BCUT2D eigenvalue weighted by Gasteiger charge is -2.02. The second-order valence-corrected chi connectivity index (χ2v) is 4.67. The molecule has 78 valence electrons. The molecular formula is C12H12O2S. The third-order valence-corrected chi connectivity index (χ3v) is 3.62. The highest BCUT2D eigenvalue weighted by Gasteiger charge is 2.09. The monoisotopic (exact) mass is 220 g/mol. The Labute approximate surface area is 92.2 Å². The standard InChI is InChI=1S/C12H12O2S/c1-7-3-9(5-11(13)14)12-10(4-7)8(2)6-15-12/h3-4,6H,5H2,1-2H3,(H,13,14). The van der Waals surface area contributed by atoms with Crippen molar-refractivity contribution < 1.29 is 9.90 Å². The molecule has 0 radical (unpaired) electrons. The lowest BCUT2D eigenvalue weighted by Crippen LogP contribution is -2.00. The van der Waals surface area contributed by atoms with Gasteiger partial charge in [-0.1, -0.05) is 17.7 Å². The van der Waals surface area contributed by atoms with Crippen LogP contribution in [0.2, 0.25) is 0 Å². The smallest absolute Gasteiger partial charge is 0.307 e. The molecule has 0 aliphatic carbocycles. The zero-order valence-electron chi connectivity index (χ0n) is 8.70. The van der Waals surface area contributed by atoms with E-state index in [1.165, 1.54) is 10.9 Å². The molecule has 0 unspecified atom stereocenters. The summed E-state index contributed by atoms with van der Waals surface area (Å²) >= 11 is 1.63. The first kappa shape index (κ1) is 10.2. The Morgan fingerprint density at radius 1 is 1.40 bits per heavy atom. The van der Waals surface area contributed by atoms with Crippen LogP contribution in [0.5, 0.6) is 0 Å². The number of carbonyl (C=O) groups is 1. The fourth-order valence-corrected chi connectivity index (χ4v) is 2.84. The predicted octanol–water partition coefficient (Wildman–Crippen LogP) is 3.15. The largest absolute Gasteiger partial charge is 0.481 e. The molecule has 1 N–H and O–H groups in total. The highest BCUT2D eigenvalue weighted by atomic mass is 32.1. The SMILES string of the molecule is Cc1cc(CC(=O)O)c2scc(C)c2c1. The molecule has 0 aliphatic rings. The van der Waals surface area contributed by atoms with Crippen LogP contribution in [0.1, 0.15) is 16.7 Å². The molecule has 0 amide bonds. The number of benzene rings is 1. The maximum atomic E-state index is 10.7. The lowest BCUT2D eigenvalue weighted by molar-refractivity contribution is -0.136. The summed E-state index contributed by atoms with van der Waals surface area (Å²) in [6.07, 6.45) is 0.109. The Morgan fingerprint density at radius 3 is 2.80 bits per heavy atom. The minimum Gasteiger partial charge on any atom is -0.481 e. The van der Waals surface area contributed by atoms with Crippen molar-refractivity contribution in [3.8, 4) is 0 Å². The van der Waals surface area contributed by atoms with Gasteiger partial charge in [-0.3, -0.25) is 4.79 Å². The van der Waals surface area contributed by atoms with Gasteiger partial charge in [0, 0.05) is 4.70 Å². The van der Waals surface area contributed by atoms with Crippen LogP contribution >= 0.6 is 11.3 Å². The number of carboxylic acid groups (broad SMARTS) is 1. The van der Waals surface area contributed by atoms with Crippen molar-refractivity contribution in [2.45, 2.75) is 20.3 Å². The Kier molecular flexibility index (Phi) is 2.49. The van der Waals surface area contributed by atoms with Crippen molar-refractivity contribution in [3.63, 3.8) is 0 Å². The maximum absolute atomic E-state index is 10.7. The van der Waals surface area contributed by atoms with Crippen LogP contribution in [-0.4, -0.2) is 11.1 Å². The topological polar surface area (TPSA) is 37.3 Å². The van der Waals surface area contributed by atoms with E-state index in [4.69, 9.17) is 5.11 Å². The van der Waals surface area contributed by atoms with Gasteiger partial charge in [0.1, 0.15) is 0 Å². The molecule has 0 saturated heterocycles. The van der Waals surface area contributed by atoms with Gasteiger partial charge >= 0.3 is 5.97 Å². The molecule has 2 aromatic rings. The van der Waals surface area contributed by atoms with Crippen molar-refractivity contribution in [2.24, 2.45) is 0 Å². The molecular weight excluding hydrogens is 208 g/mol. The lowest BCUT2D eigenvalue weighted by atomic mass is 10.0. The van der Waals surface area contributed by atoms with Crippen LogP contribution in [0.4, 0.5) is 0 Å². The number of thiophene rings is 1. The van der Waals surface area contributed by atoms with Crippen molar-refractivity contribution in [2.75, 3.05) is 0 Å². The van der Waals surface area contributed by atoms with E-state index in [1.807, 2.05) is 13.0 Å². The summed E-state index contributed by atoms with van der Waals surface area (Å²) in [6, 6.07) is 4.08. The van der Waals surface area contributed by atoms with Crippen molar-refractivity contribution >= 4 is 27.4 Å². The van der Waals surface area contributed by atoms with Crippen LogP contribution in [0.15, 0.2) is 17.5 Å². The number of hydrogen-bond acceptors (Lipinski definition) is 2. The Morgan fingerprint density at radius 2 is 2.13 bits per heavy atom. The molecule has 2 rings (SSSR count). The van der Waals surface area contributed by atoms with Gasteiger partial charge in [0.25, 0.3) is 0 Å². The van der Waals surface area contributed by atoms with E-state index in [1.54, 1.807) is 11.3 Å². The highest BCUT2D eigenvalue weighted by Crippen LogP contribution is 2.30. The van der Waals surface area contributed by atoms with Crippen LogP contribution in [-0.2, 0) is 11.2 Å². The molecule has 0 aliphatic heterocycles. The second-order valence-electron chi connectivity index (χ2n) is 3.79. The molecule has 1 heterocycles.